The Kier molecular flexibility index (Phi) is 2.55. The van der Waals surface area contributed by atoms with Gasteiger partial charge in [-0.3, -0.25) is 4.79 Å². The number of rotatable bonds is 2. The van der Waals surface area contributed by atoms with E-state index in [1.165, 1.54) is 0 Å². The van der Waals surface area contributed by atoms with Crippen molar-refractivity contribution in [3.63, 3.8) is 0 Å². The number of carboxylic acid groups (broad SMARTS) is 1. The zero-order valence-electron chi connectivity index (χ0n) is 9.81. The maximum atomic E-state index is 12.1. The highest BCUT2D eigenvalue weighted by atomic mass is 16.5. The van der Waals surface area contributed by atoms with E-state index in [1.54, 1.807) is 11.1 Å². The number of carboxylic acids is 1. The van der Waals surface area contributed by atoms with Gasteiger partial charge >= 0.3 is 5.97 Å². The predicted octanol–water partition coefficient (Wildman–Crippen LogP) is 0.225. The van der Waals surface area contributed by atoms with Crippen molar-refractivity contribution >= 4 is 11.9 Å². The van der Waals surface area contributed by atoms with E-state index in [4.69, 9.17) is 5.11 Å². The molecule has 19 heavy (non-hydrogen) atoms. The van der Waals surface area contributed by atoms with Gasteiger partial charge in [0.05, 0.1) is 6.54 Å². The average molecular weight is 262 g/mol. The van der Waals surface area contributed by atoms with Crippen molar-refractivity contribution in [1.82, 2.24) is 19.6 Å². The first kappa shape index (κ1) is 11.5. The molecule has 2 aromatic rings. The Morgan fingerprint density at radius 1 is 1.37 bits per heavy atom. The number of aromatic carboxylic acids is 1. The van der Waals surface area contributed by atoms with Crippen molar-refractivity contribution < 1.29 is 19.2 Å². The second kappa shape index (κ2) is 4.23. The highest BCUT2D eigenvalue weighted by Gasteiger charge is 2.25. The molecule has 0 saturated carbocycles. The Hall–Kier alpha value is -2.64. The topological polar surface area (TPSA) is 101 Å². The molecule has 0 fully saturated rings. The number of carbonyl (C=O) groups is 2. The lowest BCUT2D eigenvalue weighted by Crippen LogP contribution is -2.38. The van der Waals surface area contributed by atoms with Crippen LogP contribution in [-0.2, 0) is 13.1 Å². The van der Waals surface area contributed by atoms with E-state index >= 15 is 0 Å². The molecule has 8 heteroatoms. The average Bonchev–Trinajstić information content (AvgIpc) is 3.06. The molecule has 1 N–H and O–H groups in total. The standard InChI is InChI=1S/C11H10N4O4/c16-10(7-5-8(11(17)18)19-13-7)15-4-3-14-2-1-12-9(14)6-15/h1-2,5H,3-4,6H2,(H,17,18). The normalized spacial score (nSPS) is 14.2. The monoisotopic (exact) mass is 262 g/mol. The van der Waals surface area contributed by atoms with E-state index < -0.39 is 5.97 Å². The molecule has 0 saturated heterocycles. The highest BCUT2D eigenvalue weighted by molar-refractivity contribution is 5.94. The summed E-state index contributed by atoms with van der Waals surface area (Å²) in [6.45, 7) is 1.56. The molecule has 98 valence electrons. The quantitative estimate of drug-likeness (QED) is 0.831. The fraction of sp³-hybridized carbons (Fsp3) is 0.273. The number of amides is 1. The minimum absolute atomic E-state index is 0.00240. The number of nitrogens with zero attached hydrogens (tertiary/aromatic N) is 4. The van der Waals surface area contributed by atoms with Crippen LogP contribution < -0.4 is 0 Å². The molecule has 0 bridgehead atoms. The Balaban J connectivity index is 1.79. The lowest BCUT2D eigenvalue weighted by molar-refractivity contribution is 0.0645. The molecule has 2 aromatic heterocycles. The van der Waals surface area contributed by atoms with Gasteiger partial charge in [0.1, 0.15) is 5.82 Å². The maximum Gasteiger partial charge on any atom is 0.374 e. The van der Waals surface area contributed by atoms with Gasteiger partial charge in [0.15, 0.2) is 5.69 Å². The Bertz CT molecular complexity index is 645. The fourth-order valence-electron chi connectivity index (χ4n) is 1.99. The lowest BCUT2D eigenvalue weighted by atomic mass is 10.3. The second-order valence-corrected chi connectivity index (χ2v) is 4.15. The third-order valence-corrected chi connectivity index (χ3v) is 2.97. The number of fused-ring (bicyclic) bond motifs is 1. The van der Waals surface area contributed by atoms with Gasteiger partial charge in [0.25, 0.3) is 5.91 Å². The molecule has 0 spiro atoms. The maximum absolute atomic E-state index is 12.1. The third kappa shape index (κ3) is 1.96. The Morgan fingerprint density at radius 3 is 2.95 bits per heavy atom. The number of hydrogen-bond acceptors (Lipinski definition) is 5. The van der Waals surface area contributed by atoms with Gasteiger partial charge in [0, 0.05) is 31.5 Å². The summed E-state index contributed by atoms with van der Waals surface area (Å²) in [5.74, 6) is -1.16. The summed E-state index contributed by atoms with van der Waals surface area (Å²) >= 11 is 0. The number of aromatic nitrogens is 3. The van der Waals surface area contributed by atoms with Gasteiger partial charge in [0.2, 0.25) is 5.76 Å². The smallest absolute Gasteiger partial charge is 0.374 e. The van der Waals surface area contributed by atoms with Gasteiger partial charge in [-0.25, -0.2) is 9.78 Å². The molecule has 3 heterocycles. The predicted molar refractivity (Wildman–Crippen MR) is 60.4 cm³/mol. The van der Waals surface area contributed by atoms with Crippen LogP contribution >= 0.6 is 0 Å². The molecule has 1 amide bonds. The van der Waals surface area contributed by atoms with E-state index in [2.05, 4.69) is 14.7 Å². The first-order valence-electron chi connectivity index (χ1n) is 5.64. The molecule has 0 radical (unpaired) electrons. The summed E-state index contributed by atoms with van der Waals surface area (Å²) in [6.07, 6.45) is 3.54. The SMILES string of the molecule is O=C(O)c1cc(C(=O)N2CCn3ccnc3C2)no1. The van der Waals surface area contributed by atoms with Crippen molar-refractivity contribution in [3.8, 4) is 0 Å². The zero-order chi connectivity index (χ0) is 13.4. The summed E-state index contributed by atoms with van der Waals surface area (Å²) in [5, 5.41) is 12.2. The first-order chi connectivity index (χ1) is 9.15. The number of carbonyl (C=O) groups excluding carboxylic acids is 1. The van der Waals surface area contributed by atoms with Gasteiger partial charge in [-0.05, 0) is 0 Å². The van der Waals surface area contributed by atoms with Gasteiger partial charge in [-0.2, -0.15) is 0 Å². The molecule has 0 aliphatic carbocycles. The van der Waals surface area contributed by atoms with E-state index in [1.807, 2.05) is 10.8 Å². The third-order valence-electron chi connectivity index (χ3n) is 2.97. The van der Waals surface area contributed by atoms with Crippen LogP contribution in [0.15, 0.2) is 23.0 Å². The first-order valence-corrected chi connectivity index (χ1v) is 5.64. The molecule has 1 aliphatic rings. The van der Waals surface area contributed by atoms with Crippen molar-refractivity contribution in [2.45, 2.75) is 13.1 Å². The summed E-state index contributed by atoms with van der Waals surface area (Å²) < 4.78 is 6.54. The Morgan fingerprint density at radius 2 is 2.21 bits per heavy atom. The van der Waals surface area contributed by atoms with Crippen LogP contribution in [0.3, 0.4) is 0 Å². The van der Waals surface area contributed by atoms with Crippen molar-refractivity contribution in [2.24, 2.45) is 0 Å². The van der Waals surface area contributed by atoms with Gasteiger partial charge in [-0.1, -0.05) is 5.16 Å². The summed E-state index contributed by atoms with van der Waals surface area (Å²) in [5.41, 5.74) is -0.00240. The molecule has 8 nitrogen and oxygen atoms in total. The molecule has 1 aliphatic heterocycles. The molecule has 0 atom stereocenters. The van der Waals surface area contributed by atoms with Crippen LogP contribution in [0.2, 0.25) is 0 Å². The van der Waals surface area contributed by atoms with Crippen LogP contribution in [-0.4, -0.2) is 43.1 Å². The van der Waals surface area contributed by atoms with E-state index in [9.17, 15) is 9.59 Å². The number of hydrogen-bond donors (Lipinski definition) is 1. The van der Waals surface area contributed by atoms with Crippen LogP contribution in [0.4, 0.5) is 0 Å². The largest absolute Gasteiger partial charge is 0.475 e. The van der Waals surface area contributed by atoms with Crippen molar-refractivity contribution in [1.29, 1.82) is 0 Å². The molecule has 0 aromatic carbocycles. The van der Waals surface area contributed by atoms with Crippen LogP contribution in [0.1, 0.15) is 26.9 Å². The molecule has 0 unspecified atom stereocenters. The van der Waals surface area contributed by atoms with Crippen LogP contribution in [0.25, 0.3) is 0 Å². The van der Waals surface area contributed by atoms with E-state index in [0.29, 0.717) is 19.6 Å². The van der Waals surface area contributed by atoms with E-state index in [0.717, 1.165) is 11.9 Å². The molecular formula is C11H10N4O4. The second-order valence-electron chi connectivity index (χ2n) is 4.15. The van der Waals surface area contributed by atoms with Crippen molar-refractivity contribution in [3.05, 3.63) is 35.7 Å². The van der Waals surface area contributed by atoms with Gasteiger partial charge < -0.3 is 19.1 Å². The summed E-state index contributed by atoms with van der Waals surface area (Å²) in [4.78, 5) is 28.5. The van der Waals surface area contributed by atoms with Gasteiger partial charge in [-0.15, -0.1) is 0 Å². The highest BCUT2D eigenvalue weighted by Crippen LogP contribution is 2.14. The number of imidazole rings is 1. The minimum Gasteiger partial charge on any atom is -0.475 e. The summed E-state index contributed by atoms with van der Waals surface area (Å²) in [7, 11) is 0. The Labute approximate surface area is 107 Å². The zero-order valence-corrected chi connectivity index (χ0v) is 9.81. The van der Waals surface area contributed by atoms with E-state index in [-0.39, 0.29) is 17.4 Å². The van der Waals surface area contributed by atoms with Crippen molar-refractivity contribution in [2.75, 3.05) is 6.54 Å². The molecular weight excluding hydrogens is 252 g/mol. The van der Waals surface area contributed by atoms with Crippen LogP contribution in [0, 0.1) is 0 Å². The molecule has 3 rings (SSSR count). The fourth-order valence-corrected chi connectivity index (χ4v) is 1.99. The summed E-state index contributed by atoms with van der Waals surface area (Å²) in [6, 6.07) is 1.13. The minimum atomic E-state index is -1.25. The van der Waals surface area contributed by atoms with Crippen LogP contribution in [0.5, 0.6) is 0 Å². The lowest BCUT2D eigenvalue weighted by Gasteiger charge is -2.26.